The first-order valence-corrected chi connectivity index (χ1v) is 14.1. The van der Waals surface area contributed by atoms with Crippen LogP contribution in [0.1, 0.15) is 48.1 Å². The lowest BCUT2D eigenvalue weighted by atomic mass is 9.64. The Morgan fingerprint density at radius 3 is 2.12 bits per heavy atom. The van der Waals surface area contributed by atoms with Gasteiger partial charge in [0.05, 0.1) is 27.4 Å². The molecule has 0 amide bonds. The van der Waals surface area contributed by atoms with Crippen molar-refractivity contribution in [3.05, 3.63) is 125 Å². The molecule has 0 bridgehead atoms. The van der Waals surface area contributed by atoms with Crippen molar-refractivity contribution in [2.45, 2.75) is 18.0 Å². The molecule has 1 aliphatic carbocycles. The van der Waals surface area contributed by atoms with Crippen LogP contribution < -0.4 is 19.1 Å². The van der Waals surface area contributed by atoms with Gasteiger partial charge in [-0.3, -0.25) is 14.4 Å². The molecule has 2 heterocycles. The largest absolute Gasteiger partial charge is 0.497 e. The summed E-state index contributed by atoms with van der Waals surface area (Å²) in [6, 6.07) is 25.3. The number of rotatable bonds is 6. The van der Waals surface area contributed by atoms with E-state index in [2.05, 4.69) is 0 Å². The van der Waals surface area contributed by atoms with Crippen LogP contribution in [0, 0.1) is 5.41 Å². The summed E-state index contributed by atoms with van der Waals surface area (Å²) in [6.45, 7) is 0. The molecule has 1 fully saturated rings. The first-order valence-electron chi connectivity index (χ1n) is 14.1. The van der Waals surface area contributed by atoms with Gasteiger partial charge >= 0.3 is 0 Å². The maximum absolute atomic E-state index is 14.9. The van der Waals surface area contributed by atoms with Crippen molar-refractivity contribution in [2.75, 3.05) is 26.2 Å². The lowest BCUT2D eigenvalue weighted by Gasteiger charge is -2.37. The van der Waals surface area contributed by atoms with E-state index in [0.717, 1.165) is 11.3 Å². The fraction of sp³-hybridized carbons (Fsp3) is 0.194. The lowest BCUT2D eigenvalue weighted by molar-refractivity contribution is 0.0664. The highest BCUT2D eigenvalue weighted by Gasteiger charge is 2.72. The molecule has 7 rings (SSSR count). The van der Waals surface area contributed by atoms with E-state index >= 15 is 0 Å². The van der Waals surface area contributed by atoms with E-state index in [4.69, 9.17) is 14.2 Å². The molecule has 0 N–H and O–H groups in total. The molecule has 7 nitrogen and oxygen atoms in total. The van der Waals surface area contributed by atoms with E-state index < -0.39 is 23.4 Å². The number of fused-ring (bicyclic) bond motifs is 5. The second-order valence-corrected chi connectivity index (χ2v) is 11.0. The quantitative estimate of drug-likeness (QED) is 0.207. The van der Waals surface area contributed by atoms with Gasteiger partial charge in [-0.2, -0.15) is 0 Å². The van der Waals surface area contributed by atoms with Crippen LogP contribution in [0.2, 0.25) is 0 Å². The zero-order chi connectivity index (χ0) is 29.9. The Hall–Kier alpha value is -5.17. The Morgan fingerprint density at radius 1 is 0.744 bits per heavy atom. The number of ether oxygens (including phenoxy) is 3. The maximum Gasteiger partial charge on any atom is 0.186 e. The maximum atomic E-state index is 14.9. The van der Waals surface area contributed by atoms with Gasteiger partial charge in [-0.25, -0.2) is 0 Å². The predicted molar refractivity (Wildman–Crippen MR) is 163 cm³/mol. The molecule has 1 saturated heterocycles. The molecule has 3 atom stereocenters. The van der Waals surface area contributed by atoms with Gasteiger partial charge in [0.1, 0.15) is 28.7 Å². The molecule has 4 aromatic carbocycles. The molecule has 7 heteroatoms. The number of ketones is 3. The smallest absolute Gasteiger partial charge is 0.186 e. The zero-order valence-corrected chi connectivity index (χ0v) is 23.9. The van der Waals surface area contributed by atoms with Crippen LogP contribution in [0.25, 0.3) is 6.08 Å². The fourth-order valence-corrected chi connectivity index (χ4v) is 7.29. The third-order valence-electron chi connectivity index (χ3n) is 9.11. The standard InChI is InChI=1S/C36H29NO6/c1-41-23-11-8-10-22(19-23)33(38)32-31(27-20-24(42-2)16-17-29(27)43-3)36(34(39)25-12-5-6-13-26(25)35(36)40)30-18-15-21-9-4-7-14-28(21)37(30)32/h4-20,30-32H,1-3H3/t30-,31-,32-/m0/s1. The molecular weight excluding hydrogens is 542 g/mol. The van der Waals surface area contributed by atoms with Crippen LogP contribution in [0.5, 0.6) is 17.2 Å². The van der Waals surface area contributed by atoms with Crippen molar-refractivity contribution < 1.29 is 28.6 Å². The van der Waals surface area contributed by atoms with Crippen LogP contribution in [0.3, 0.4) is 0 Å². The first kappa shape index (κ1) is 26.7. The summed E-state index contributed by atoms with van der Waals surface area (Å²) in [7, 11) is 4.65. The van der Waals surface area contributed by atoms with E-state index in [9.17, 15) is 14.4 Å². The summed E-state index contributed by atoms with van der Waals surface area (Å²) >= 11 is 0. The Labute approximate surface area is 249 Å². The van der Waals surface area contributed by atoms with Crippen LogP contribution >= 0.6 is 0 Å². The first-order chi connectivity index (χ1) is 20.9. The number of hydrogen-bond acceptors (Lipinski definition) is 7. The van der Waals surface area contributed by atoms with E-state index in [-0.39, 0.29) is 17.3 Å². The number of methoxy groups -OCH3 is 3. The second kappa shape index (κ2) is 9.98. The van der Waals surface area contributed by atoms with Gasteiger partial charge in [0.2, 0.25) is 0 Å². The highest BCUT2D eigenvalue weighted by molar-refractivity contribution is 6.32. The molecule has 0 saturated carbocycles. The Morgan fingerprint density at radius 2 is 1.42 bits per heavy atom. The van der Waals surface area contributed by atoms with Crippen LogP contribution in [-0.4, -0.2) is 50.8 Å². The van der Waals surface area contributed by atoms with Gasteiger partial charge in [-0.05, 0) is 42.0 Å². The topological polar surface area (TPSA) is 82.1 Å². The van der Waals surface area contributed by atoms with Gasteiger partial charge in [-0.15, -0.1) is 0 Å². The highest BCUT2D eigenvalue weighted by Crippen LogP contribution is 2.62. The molecule has 0 unspecified atom stereocenters. The summed E-state index contributed by atoms with van der Waals surface area (Å²) in [5.74, 6) is -0.255. The van der Waals surface area contributed by atoms with E-state index in [1.807, 2.05) is 41.3 Å². The molecule has 0 radical (unpaired) electrons. The van der Waals surface area contributed by atoms with Gasteiger partial charge in [0, 0.05) is 33.9 Å². The summed E-state index contributed by atoms with van der Waals surface area (Å²) in [6.07, 6.45) is 3.85. The number of hydrogen-bond donors (Lipinski definition) is 0. The molecular formula is C36H29NO6. The molecule has 0 aromatic heterocycles. The number of anilines is 1. The summed E-state index contributed by atoms with van der Waals surface area (Å²) in [4.78, 5) is 46.6. The highest BCUT2D eigenvalue weighted by atomic mass is 16.5. The molecule has 43 heavy (non-hydrogen) atoms. The van der Waals surface area contributed by atoms with Crippen molar-refractivity contribution in [1.82, 2.24) is 0 Å². The fourth-order valence-electron chi connectivity index (χ4n) is 7.29. The van der Waals surface area contributed by atoms with Gasteiger partial charge in [0.15, 0.2) is 17.3 Å². The molecule has 4 aromatic rings. The number of benzene rings is 4. The summed E-state index contributed by atoms with van der Waals surface area (Å²) < 4.78 is 16.9. The lowest BCUT2D eigenvalue weighted by Crippen LogP contribution is -2.48. The number of nitrogens with zero attached hydrogens (tertiary/aromatic N) is 1. The molecule has 1 spiro atoms. The SMILES string of the molecule is COc1cccc(C(=O)[C@@H]2[C@H](c3cc(OC)ccc3OC)C3(C(=O)c4ccccc4C3=O)[C@@H]3C=Cc4ccccc4N23)c1. The minimum Gasteiger partial charge on any atom is -0.497 e. The Balaban J connectivity index is 1.58. The average Bonchev–Trinajstić information content (AvgIpc) is 3.50. The van der Waals surface area contributed by atoms with E-state index in [0.29, 0.717) is 39.5 Å². The predicted octanol–water partition coefficient (Wildman–Crippen LogP) is 6.03. The van der Waals surface area contributed by atoms with Crippen LogP contribution in [0.15, 0.2) is 97.1 Å². The Kier molecular flexibility index (Phi) is 6.20. The van der Waals surface area contributed by atoms with Crippen molar-refractivity contribution in [3.8, 4) is 17.2 Å². The van der Waals surface area contributed by atoms with Crippen molar-refractivity contribution in [2.24, 2.45) is 5.41 Å². The van der Waals surface area contributed by atoms with Gasteiger partial charge < -0.3 is 19.1 Å². The average molecular weight is 572 g/mol. The molecule has 214 valence electrons. The van der Waals surface area contributed by atoms with E-state index in [1.54, 1.807) is 88.1 Å². The minimum atomic E-state index is -1.65. The summed E-state index contributed by atoms with van der Waals surface area (Å²) in [5, 5.41) is 0. The van der Waals surface area contributed by atoms with Crippen molar-refractivity contribution >= 4 is 29.1 Å². The van der Waals surface area contributed by atoms with Gasteiger partial charge in [0.25, 0.3) is 0 Å². The zero-order valence-electron chi connectivity index (χ0n) is 23.9. The number of carbonyl (C=O) groups is 3. The van der Waals surface area contributed by atoms with Crippen molar-refractivity contribution in [1.29, 1.82) is 0 Å². The Bertz CT molecular complexity index is 1810. The third-order valence-corrected chi connectivity index (χ3v) is 9.11. The third kappa shape index (κ3) is 3.64. The van der Waals surface area contributed by atoms with Crippen molar-refractivity contribution in [3.63, 3.8) is 0 Å². The van der Waals surface area contributed by atoms with Crippen LogP contribution in [-0.2, 0) is 0 Å². The normalized spacial score (nSPS) is 20.9. The minimum absolute atomic E-state index is 0.239. The molecule has 3 aliphatic rings. The number of Topliss-reactive ketones (excluding diaryl/α,β-unsaturated/α-hetero) is 3. The monoisotopic (exact) mass is 571 g/mol. The number of carbonyl (C=O) groups excluding carboxylic acids is 3. The van der Waals surface area contributed by atoms with Gasteiger partial charge in [-0.1, -0.05) is 66.7 Å². The van der Waals surface area contributed by atoms with E-state index in [1.165, 1.54) is 0 Å². The summed E-state index contributed by atoms with van der Waals surface area (Å²) in [5.41, 5.74) is 1.71. The molecule has 2 aliphatic heterocycles. The number of para-hydroxylation sites is 1. The second-order valence-electron chi connectivity index (χ2n) is 11.0. The van der Waals surface area contributed by atoms with Crippen LogP contribution in [0.4, 0.5) is 5.69 Å².